The van der Waals surface area contributed by atoms with Crippen LogP contribution in [-0.4, -0.2) is 77.0 Å². The number of nitrogens with one attached hydrogen (secondary N) is 1. The van der Waals surface area contributed by atoms with Gasteiger partial charge in [-0.25, -0.2) is 4.39 Å². The summed E-state index contributed by atoms with van der Waals surface area (Å²) in [5, 5.41) is 2.62. The molecule has 2 atom stereocenters. The zero-order valence-electron chi connectivity index (χ0n) is 18.7. The number of amides is 1. The summed E-state index contributed by atoms with van der Waals surface area (Å²) >= 11 is 0. The molecular formula is C20H47FN2O5. The van der Waals surface area contributed by atoms with Gasteiger partial charge in [-0.05, 0) is 20.3 Å². The number of alkyl halides is 1. The molecule has 0 saturated carbocycles. The SMILES string of the molecule is CC.CCC(C)C(=O)NCC(F)C(C)(C)OCCOCCOCCOCCN.[HH].[HH]. The van der Waals surface area contributed by atoms with E-state index in [2.05, 4.69) is 5.32 Å². The van der Waals surface area contributed by atoms with Gasteiger partial charge in [0.2, 0.25) is 5.91 Å². The summed E-state index contributed by atoms with van der Waals surface area (Å²) < 4.78 is 35.7. The quantitative estimate of drug-likeness (QED) is 0.356. The fourth-order valence-corrected chi connectivity index (χ4v) is 1.87. The van der Waals surface area contributed by atoms with Gasteiger partial charge < -0.3 is 30.0 Å². The molecule has 0 saturated heterocycles. The lowest BCUT2D eigenvalue weighted by Gasteiger charge is -2.29. The average Bonchev–Trinajstić information content (AvgIpc) is 2.70. The first-order chi connectivity index (χ1) is 13.3. The van der Waals surface area contributed by atoms with Crippen molar-refractivity contribution in [3.8, 4) is 0 Å². The van der Waals surface area contributed by atoms with Crippen LogP contribution in [-0.2, 0) is 23.7 Å². The topological polar surface area (TPSA) is 92.0 Å². The Morgan fingerprint density at radius 1 is 1.04 bits per heavy atom. The number of rotatable bonds is 17. The van der Waals surface area contributed by atoms with E-state index in [1.54, 1.807) is 13.8 Å². The third kappa shape index (κ3) is 16.2. The number of hydrogen-bond acceptors (Lipinski definition) is 6. The van der Waals surface area contributed by atoms with Gasteiger partial charge in [-0.2, -0.15) is 0 Å². The van der Waals surface area contributed by atoms with Crippen LogP contribution in [0.25, 0.3) is 0 Å². The molecule has 0 aromatic heterocycles. The summed E-state index contributed by atoms with van der Waals surface area (Å²) in [7, 11) is 0. The maximum atomic E-state index is 14.3. The highest BCUT2D eigenvalue weighted by atomic mass is 19.1. The number of carbonyl (C=O) groups is 1. The monoisotopic (exact) mass is 414 g/mol. The van der Waals surface area contributed by atoms with Crippen molar-refractivity contribution in [2.75, 3.05) is 59.3 Å². The Labute approximate surface area is 173 Å². The van der Waals surface area contributed by atoms with E-state index in [4.69, 9.17) is 24.7 Å². The van der Waals surface area contributed by atoms with Gasteiger partial charge in [0.1, 0.15) is 6.17 Å². The molecule has 3 N–H and O–H groups in total. The van der Waals surface area contributed by atoms with Crippen LogP contribution in [0.5, 0.6) is 0 Å². The van der Waals surface area contributed by atoms with Crippen molar-refractivity contribution in [2.24, 2.45) is 11.7 Å². The minimum atomic E-state index is -1.30. The Morgan fingerprint density at radius 3 is 1.96 bits per heavy atom. The second kappa shape index (κ2) is 19.5. The standard InChI is InChI=1S/C18H37FN2O5.C2H6.2H2/c1-5-15(2)17(22)21-14-16(19)18(3,4)26-13-12-25-11-10-24-9-8-23-7-6-20;1-2;;/h15-16H,5-14,20H2,1-4H3,(H,21,22);1-2H3;2*1H. The van der Waals surface area contributed by atoms with Crippen molar-refractivity contribution in [1.82, 2.24) is 5.32 Å². The third-order valence-corrected chi connectivity index (χ3v) is 3.98. The van der Waals surface area contributed by atoms with Crippen molar-refractivity contribution >= 4 is 5.91 Å². The molecule has 0 aromatic rings. The van der Waals surface area contributed by atoms with E-state index in [1.807, 2.05) is 27.7 Å². The lowest BCUT2D eigenvalue weighted by Crippen LogP contribution is -2.45. The Hall–Kier alpha value is -0.800. The maximum Gasteiger partial charge on any atom is 0.222 e. The van der Waals surface area contributed by atoms with Gasteiger partial charge >= 0.3 is 0 Å². The molecule has 0 fully saturated rings. The number of hydrogen-bond donors (Lipinski definition) is 2. The predicted molar refractivity (Wildman–Crippen MR) is 114 cm³/mol. The molecule has 0 rings (SSSR count). The van der Waals surface area contributed by atoms with E-state index >= 15 is 0 Å². The van der Waals surface area contributed by atoms with Gasteiger partial charge in [0.25, 0.3) is 0 Å². The van der Waals surface area contributed by atoms with Crippen LogP contribution >= 0.6 is 0 Å². The highest BCUT2D eigenvalue weighted by Crippen LogP contribution is 2.17. The molecule has 8 heteroatoms. The highest BCUT2D eigenvalue weighted by Gasteiger charge is 2.31. The molecule has 0 spiro atoms. The first kappa shape index (κ1) is 29.4. The summed E-state index contributed by atoms with van der Waals surface area (Å²) in [6.45, 7) is 14.6. The van der Waals surface area contributed by atoms with E-state index in [-0.39, 0.29) is 27.8 Å². The predicted octanol–water partition coefficient (Wildman–Crippen LogP) is 2.81. The minimum absolute atomic E-state index is 0. The smallest absolute Gasteiger partial charge is 0.222 e. The van der Waals surface area contributed by atoms with Crippen molar-refractivity contribution < 1.29 is 31.0 Å². The minimum Gasteiger partial charge on any atom is -0.378 e. The number of carbonyl (C=O) groups excluding carboxylic acids is 1. The Bertz CT molecular complexity index is 370. The van der Waals surface area contributed by atoms with Gasteiger partial charge in [-0.3, -0.25) is 4.79 Å². The lowest BCUT2D eigenvalue weighted by molar-refractivity contribution is -0.126. The fourth-order valence-electron chi connectivity index (χ4n) is 1.87. The molecular weight excluding hydrogens is 367 g/mol. The largest absolute Gasteiger partial charge is 0.378 e. The van der Waals surface area contributed by atoms with Crippen LogP contribution in [0.2, 0.25) is 0 Å². The molecule has 0 aliphatic carbocycles. The zero-order valence-corrected chi connectivity index (χ0v) is 18.7. The fraction of sp³-hybridized carbons (Fsp3) is 0.950. The van der Waals surface area contributed by atoms with Crippen LogP contribution in [0.4, 0.5) is 4.39 Å². The van der Waals surface area contributed by atoms with Gasteiger partial charge in [0.05, 0.1) is 58.4 Å². The summed E-state index contributed by atoms with van der Waals surface area (Å²) in [6.07, 6.45) is -0.572. The van der Waals surface area contributed by atoms with Crippen molar-refractivity contribution in [3.63, 3.8) is 0 Å². The van der Waals surface area contributed by atoms with E-state index in [0.29, 0.717) is 46.2 Å². The molecule has 1 amide bonds. The van der Waals surface area contributed by atoms with E-state index < -0.39 is 11.8 Å². The molecule has 0 bridgehead atoms. The molecule has 28 heavy (non-hydrogen) atoms. The molecule has 0 radical (unpaired) electrons. The van der Waals surface area contributed by atoms with Crippen LogP contribution in [0.15, 0.2) is 0 Å². The second-order valence-electron chi connectivity index (χ2n) is 6.60. The first-order valence-corrected chi connectivity index (χ1v) is 10.3. The van der Waals surface area contributed by atoms with Crippen LogP contribution in [0.1, 0.15) is 50.8 Å². The average molecular weight is 415 g/mol. The van der Waals surface area contributed by atoms with Crippen molar-refractivity contribution in [1.29, 1.82) is 0 Å². The molecule has 0 heterocycles. The van der Waals surface area contributed by atoms with E-state index in [9.17, 15) is 9.18 Å². The van der Waals surface area contributed by atoms with E-state index in [0.717, 1.165) is 6.42 Å². The summed E-state index contributed by atoms with van der Waals surface area (Å²) in [4.78, 5) is 11.7. The molecule has 2 unspecified atom stereocenters. The highest BCUT2D eigenvalue weighted by molar-refractivity contribution is 5.78. The first-order valence-electron chi connectivity index (χ1n) is 10.3. The van der Waals surface area contributed by atoms with Crippen LogP contribution in [0, 0.1) is 5.92 Å². The van der Waals surface area contributed by atoms with Crippen molar-refractivity contribution in [3.05, 3.63) is 0 Å². The summed E-state index contributed by atoms with van der Waals surface area (Å²) in [5.74, 6) is -0.253. The molecule has 0 aliphatic heterocycles. The number of nitrogens with two attached hydrogens (primary N) is 1. The molecule has 174 valence electrons. The second-order valence-corrected chi connectivity index (χ2v) is 6.60. The maximum absolute atomic E-state index is 14.3. The van der Waals surface area contributed by atoms with Gasteiger partial charge in [-0.15, -0.1) is 0 Å². The normalized spacial score (nSPS) is 13.4. The zero-order chi connectivity index (χ0) is 21.8. The van der Waals surface area contributed by atoms with Crippen LogP contribution < -0.4 is 11.1 Å². The summed E-state index contributed by atoms with van der Waals surface area (Å²) in [6, 6.07) is 0. The van der Waals surface area contributed by atoms with Crippen molar-refractivity contribution in [2.45, 2.75) is 59.7 Å². The number of halogens is 1. The van der Waals surface area contributed by atoms with Gasteiger partial charge in [-0.1, -0.05) is 27.7 Å². The molecule has 0 aromatic carbocycles. The van der Waals surface area contributed by atoms with Gasteiger partial charge in [0, 0.05) is 15.3 Å². The molecule has 7 nitrogen and oxygen atoms in total. The Balaban J connectivity index is -0.000000817. The Kier molecular flexibility index (Phi) is 20.5. The lowest BCUT2D eigenvalue weighted by atomic mass is 10.0. The molecule has 0 aliphatic rings. The summed E-state index contributed by atoms with van der Waals surface area (Å²) in [5.41, 5.74) is 4.30. The van der Waals surface area contributed by atoms with E-state index in [1.165, 1.54) is 0 Å². The van der Waals surface area contributed by atoms with Crippen LogP contribution in [0.3, 0.4) is 0 Å². The van der Waals surface area contributed by atoms with Gasteiger partial charge in [0.15, 0.2) is 0 Å². The Morgan fingerprint density at radius 2 is 1.50 bits per heavy atom. The third-order valence-electron chi connectivity index (χ3n) is 3.98. The number of ether oxygens (including phenoxy) is 4.